The van der Waals surface area contributed by atoms with Gasteiger partial charge in [-0.05, 0) is 24.0 Å². The molecule has 4 heteroatoms. The van der Waals surface area contributed by atoms with E-state index in [1.807, 2.05) is 13.8 Å². The van der Waals surface area contributed by atoms with E-state index in [1.54, 1.807) is 6.07 Å². The first-order valence-electron chi connectivity index (χ1n) is 6.99. The molecule has 0 aromatic heterocycles. The summed E-state index contributed by atoms with van der Waals surface area (Å²) in [6, 6.07) is 2.95. The minimum Gasteiger partial charge on any atom is -0.314 e. The number of rotatable bonds is 4. The number of benzene rings is 1. The van der Waals surface area contributed by atoms with Crippen molar-refractivity contribution in [2.45, 2.75) is 26.2 Å². The summed E-state index contributed by atoms with van der Waals surface area (Å²) in [6.45, 7) is 8.39. The first-order chi connectivity index (χ1) is 9.09. The predicted octanol–water partition coefficient (Wildman–Crippen LogP) is 2.54. The molecule has 1 heterocycles. The normalized spacial score (nSPS) is 17.1. The highest BCUT2D eigenvalue weighted by Gasteiger charge is 2.17. The first-order valence-corrected chi connectivity index (χ1v) is 6.99. The summed E-state index contributed by atoms with van der Waals surface area (Å²) in [5.41, 5.74) is 0.849. The first kappa shape index (κ1) is 14.4. The van der Waals surface area contributed by atoms with E-state index in [1.165, 1.54) is 6.07 Å². The van der Waals surface area contributed by atoms with Crippen LogP contribution in [0.25, 0.3) is 0 Å². The third kappa shape index (κ3) is 3.51. The van der Waals surface area contributed by atoms with Gasteiger partial charge in [0, 0.05) is 38.3 Å². The second kappa shape index (κ2) is 6.44. The third-order valence-corrected chi connectivity index (χ3v) is 3.73. The summed E-state index contributed by atoms with van der Waals surface area (Å²) in [6.07, 6.45) is 0.443. The van der Waals surface area contributed by atoms with Crippen LogP contribution >= 0.6 is 0 Å². The van der Waals surface area contributed by atoms with Gasteiger partial charge in [-0.25, -0.2) is 8.78 Å². The smallest absolute Gasteiger partial charge is 0.132 e. The molecule has 1 saturated heterocycles. The average molecular weight is 268 g/mol. The van der Waals surface area contributed by atoms with Crippen LogP contribution in [0, 0.1) is 11.6 Å². The fourth-order valence-electron chi connectivity index (χ4n) is 2.50. The molecule has 0 amide bonds. The highest BCUT2D eigenvalue weighted by atomic mass is 19.1. The largest absolute Gasteiger partial charge is 0.314 e. The van der Waals surface area contributed by atoms with Crippen molar-refractivity contribution in [3.63, 3.8) is 0 Å². The lowest BCUT2D eigenvalue weighted by atomic mass is 9.98. The second-order valence-corrected chi connectivity index (χ2v) is 5.43. The predicted molar refractivity (Wildman–Crippen MR) is 73.5 cm³/mol. The molecule has 1 aliphatic rings. The van der Waals surface area contributed by atoms with E-state index in [0.29, 0.717) is 12.0 Å². The molecule has 1 aliphatic heterocycles. The lowest BCUT2D eigenvalue weighted by Gasteiger charge is -2.27. The van der Waals surface area contributed by atoms with Crippen LogP contribution in [-0.2, 0) is 6.42 Å². The van der Waals surface area contributed by atoms with E-state index < -0.39 is 5.82 Å². The van der Waals surface area contributed by atoms with Crippen LogP contribution in [-0.4, -0.2) is 37.6 Å². The van der Waals surface area contributed by atoms with Crippen molar-refractivity contribution in [2.75, 3.05) is 32.7 Å². The topological polar surface area (TPSA) is 15.3 Å². The summed E-state index contributed by atoms with van der Waals surface area (Å²) in [7, 11) is 0. The molecule has 106 valence electrons. The number of nitrogens with zero attached hydrogens (tertiary/aromatic N) is 1. The van der Waals surface area contributed by atoms with E-state index in [0.717, 1.165) is 32.7 Å². The van der Waals surface area contributed by atoms with Crippen molar-refractivity contribution in [1.82, 2.24) is 10.2 Å². The summed E-state index contributed by atoms with van der Waals surface area (Å²) < 4.78 is 28.0. The van der Waals surface area contributed by atoms with Crippen LogP contribution in [0.15, 0.2) is 12.1 Å². The SMILES string of the molecule is CC(C)c1ccc(F)c(CCN2CCNCC2)c1F. The lowest BCUT2D eigenvalue weighted by molar-refractivity contribution is 0.242. The second-order valence-electron chi connectivity index (χ2n) is 5.43. The Morgan fingerprint density at radius 3 is 2.53 bits per heavy atom. The van der Waals surface area contributed by atoms with Gasteiger partial charge in [0.05, 0.1) is 0 Å². The van der Waals surface area contributed by atoms with Gasteiger partial charge in [-0.3, -0.25) is 0 Å². The molecular weight excluding hydrogens is 246 g/mol. The summed E-state index contributed by atoms with van der Waals surface area (Å²) in [5, 5.41) is 3.27. The molecule has 1 fully saturated rings. The number of hydrogen-bond donors (Lipinski definition) is 1. The molecule has 0 atom stereocenters. The van der Waals surface area contributed by atoms with Crippen LogP contribution in [0.3, 0.4) is 0 Å². The molecule has 1 aromatic rings. The van der Waals surface area contributed by atoms with Crippen LogP contribution in [0.5, 0.6) is 0 Å². The van der Waals surface area contributed by atoms with Crippen LogP contribution in [0.4, 0.5) is 8.78 Å². The molecule has 1 aromatic carbocycles. The van der Waals surface area contributed by atoms with Crippen molar-refractivity contribution in [2.24, 2.45) is 0 Å². The van der Waals surface area contributed by atoms with Gasteiger partial charge in [-0.1, -0.05) is 19.9 Å². The van der Waals surface area contributed by atoms with Gasteiger partial charge in [0.25, 0.3) is 0 Å². The molecule has 0 radical (unpaired) electrons. The van der Waals surface area contributed by atoms with Gasteiger partial charge in [-0.15, -0.1) is 0 Å². The minimum absolute atomic E-state index is 0.0820. The quantitative estimate of drug-likeness (QED) is 0.902. The Kier molecular flexibility index (Phi) is 4.88. The molecular formula is C15H22F2N2. The van der Waals surface area contributed by atoms with Gasteiger partial charge in [-0.2, -0.15) is 0 Å². The summed E-state index contributed by atoms with van der Waals surface area (Å²) in [5.74, 6) is -0.694. The Bertz CT molecular complexity index is 426. The minimum atomic E-state index is -0.419. The maximum absolute atomic E-state index is 14.3. The number of piperazine rings is 1. The molecule has 19 heavy (non-hydrogen) atoms. The van der Waals surface area contributed by atoms with Crippen molar-refractivity contribution >= 4 is 0 Å². The van der Waals surface area contributed by atoms with E-state index in [-0.39, 0.29) is 17.3 Å². The fraction of sp³-hybridized carbons (Fsp3) is 0.600. The zero-order chi connectivity index (χ0) is 13.8. The van der Waals surface area contributed by atoms with Gasteiger partial charge >= 0.3 is 0 Å². The highest BCUT2D eigenvalue weighted by Crippen LogP contribution is 2.24. The Morgan fingerprint density at radius 1 is 1.21 bits per heavy atom. The maximum Gasteiger partial charge on any atom is 0.132 e. The third-order valence-electron chi connectivity index (χ3n) is 3.73. The number of hydrogen-bond acceptors (Lipinski definition) is 2. The van der Waals surface area contributed by atoms with Gasteiger partial charge in [0.2, 0.25) is 0 Å². The zero-order valence-electron chi connectivity index (χ0n) is 11.7. The van der Waals surface area contributed by atoms with Gasteiger partial charge in [0.15, 0.2) is 0 Å². The Labute approximate surface area is 113 Å². The van der Waals surface area contributed by atoms with Crippen molar-refractivity contribution in [1.29, 1.82) is 0 Å². The molecule has 2 nitrogen and oxygen atoms in total. The van der Waals surface area contributed by atoms with Crippen molar-refractivity contribution in [3.8, 4) is 0 Å². The maximum atomic E-state index is 14.3. The van der Waals surface area contributed by atoms with E-state index >= 15 is 0 Å². The molecule has 1 N–H and O–H groups in total. The number of halogens is 2. The van der Waals surface area contributed by atoms with Crippen LogP contribution in [0.1, 0.15) is 30.9 Å². The average Bonchev–Trinajstić information content (AvgIpc) is 2.39. The Morgan fingerprint density at radius 2 is 1.89 bits per heavy atom. The molecule has 2 rings (SSSR count). The Balaban J connectivity index is 2.08. The standard InChI is InChI=1S/C15H22F2N2/c1-11(2)12-3-4-14(16)13(15(12)17)5-8-19-9-6-18-7-10-19/h3-4,11,18H,5-10H2,1-2H3. The van der Waals surface area contributed by atoms with Gasteiger partial charge in [0.1, 0.15) is 11.6 Å². The molecule has 0 aliphatic carbocycles. The monoisotopic (exact) mass is 268 g/mol. The Hall–Kier alpha value is -1.00. The lowest BCUT2D eigenvalue weighted by Crippen LogP contribution is -2.44. The zero-order valence-corrected chi connectivity index (χ0v) is 11.7. The van der Waals surface area contributed by atoms with Crippen molar-refractivity contribution in [3.05, 3.63) is 34.9 Å². The van der Waals surface area contributed by atoms with E-state index in [2.05, 4.69) is 10.2 Å². The van der Waals surface area contributed by atoms with Crippen LogP contribution < -0.4 is 5.32 Å². The van der Waals surface area contributed by atoms with E-state index in [4.69, 9.17) is 0 Å². The van der Waals surface area contributed by atoms with Gasteiger partial charge < -0.3 is 10.2 Å². The number of nitrogens with one attached hydrogen (secondary N) is 1. The highest BCUT2D eigenvalue weighted by molar-refractivity contribution is 5.29. The van der Waals surface area contributed by atoms with Crippen LogP contribution in [0.2, 0.25) is 0 Å². The molecule has 0 spiro atoms. The van der Waals surface area contributed by atoms with Crippen molar-refractivity contribution < 1.29 is 8.78 Å². The summed E-state index contributed by atoms with van der Waals surface area (Å²) >= 11 is 0. The molecule has 0 bridgehead atoms. The fourth-order valence-corrected chi connectivity index (χ4v) is 2.50. The van der Waals surface area contributed by atoms with E-state index in [9.17, 15) is 8.78 Å². The molecule has 0 unspecified atom stereocenters. The summed E-state index contributed by atoms with van der Waals surface area (Å²) in [4.78, 5) is 2.25. The molecule has 0 saturated carbocycles.